The molecule has 0 bridgehead atoms. The average Bonchev–Trinajstić information content (AvgIpc) is 2.02. The van der Waals surface area contributed by atoms with Gasteiger partial charge in [-0.05, 0) is 37.8 Å². The molecule has 0 spiro atoms. The van der Waals surface area contributed by atoms with Crippen molar-refractivity contribution in [2.45, 2.75) is 46.0 Å². The van der Waals surface area contributed by atoms with Crippen LogP contribution in [-0.4, -0.2) is 13.1 Å². The molecule has 0 amide bonds. The lowest BCUT2D eigenvalue weighted by Crippen LogP contribution is -2.30. The van der Waals surface area contributed by atoms with Gasteiger partial charge in [-0.25, -0.2) is 0 Å². The van der Waals surface area contributed by atoms with Crippen molar-refractivity contribution in [3.05, 3.63) is 0 Å². The van der Waals surface area contributed by atoms with Gasteiger partial charge in [-0.2, -0.15) is 0 Å². The second kappa shape index (κ2) is 5.58. The first-order valence-corrected chi connectivity index (χ1v) is 5.57. The van der Waals surface area contributed by atoms with Crippen LogP contribution >= 0.6 is 0 Å². The first kappa shape index (κ1) is 10.0. The molecule has 0 aromatic carbocycles. The normalized spacial score (nSPS) is 18.2. The third-order valence-electron chi connectivity index (χ3n) is 3.25. The van der Waals surface area contributed by atoms with Gasteiger partial charge in [0, 0.05) is 0 Å². The van der Waals surface area contributed by atoms with E-state index >= 15 is 0 Å². The van der Waals surface area contributed by atoms with E-state index in [0.717, 1.165) is 11.8 Å². The van der Waals surface area contributed by atoms with Gasteiger partial charge in [-0.3, -0.25) is 0 Å². The quantitative estimate of drug-likeness (QED) is 0.644. The predicted octanol–water partition coefficient (Wildman–Crippen LogP) is 2.81. The van der Waals surface area contributed by atoms with E-state index in [2.05, 4.69) is 19.2 Å². The fraction of sp³-hybridized carbons (Fsp3) is 1.00. The molecule has 1 rings (SSSR count). The molecular weight excluding hydrogens is 146 g/mol. The molecule has 0 aromatic rings. The summed E-state index contributed by atoms with van der Waals surface area (Å²) in [5.41, 5.74) is 0. The number of hydrogen-bond donors (Lipinski definition) is 1. The van der Waals surface area contributed by atoms with Gasteiger partial charge in [0.2, 0.25) is 0 Å². The second-order valence-electron chi connectivity index (χ2n) is 4.14. The van der Waals surface area contributed by atoms with E-state index in [1.807, 2.05) is 0 Å². The van der Waals surface area contributed by atoms with Gasteiger partial charge in [0.1, 0.15) is 0 Å². The third kappa shape index (κ3) is 3.14. The van der Waals surface area contributed by atoms with E-state index in [-0.39, 0.29) is 0 Å². The van der Waals surface area contributed by atoms with E-state index in [9.17, 15) is 0 Å². The smallest absolute Gasteiger partial charge is 0.00204 e. The van der Waals surface area contributed by atoms with Gasteiger partial charge >= 0.3 is 0 Å². The number of rotatable bonds is 6. The van der Waals surface area contributed by atoms with Crippen molar-refractivity contribution in [3.63, 3.8) is 0 Å². The monoisotopic (exact) mass is 169 g/mol. The molecule has 1 aliphatic rings. The van der Waals surface area contributed by atoms with Crippen LogP contribution < -0.4 is 5.32 Å². The maximum absolute atomic E-state index is 3.59. The Bertz CT molecular complexity index is 104. The minimum Gasteiger partial charge on any atom is -0.316 e. The molecule has 1 nitrogen and oxygen atoms in total. The molecule has 0 heterocycles. The molecule has 1 saturated carbocycles. The first-order valence-electron chi connectivity index (χ1n) is 5.57. The highest BCUT2D eigenvalue weighted by Crippen LogP contribution is 2.25. The van der Waals surface area contributed by atoms with Crippen molar-refractivity contribution in [1.82, 2.24) is 5.32 Å². The summed E-state index contributed by atoms with van der Waals surface area (Å²) in [4.78, 5) is 0. The van der Waals surface area contributed by atoms with E-state index in [1.165, 1.54) is 45.2 Å². The minimum atomic E-state index is 0.907. The van der Waals surface area contributed by atoms with Gasteiger partial charge in [-0.1, -0.05) is 33.1 Å². The topological polar surface area (TPSA) is 12.0 Å². The Morgan fingerprint density at radius 2 is 1.92 bits per heavy atom. The van der Waals surface area contributed by atoms with Crippen molar-refractivity contribution >= 4 is 0 Å². The highest BCUT2D eigenvalue weighted by atomic mass is 14.9. The fourth-order valence-corrected chi connectivity index (χ4v) is 1.77. The van der Waals surface area contributed by atoms with Gasteiger partial charge in [0.25, 0.3) is 0 Å². The summed E-state index contributed by atoms with van der Waals surface area (Å²) < 4.78 is 0. The summed E-state index contributed by atoms with van der Waals surface area (Å²) in [7, 11) is 0. The van der Waals surface area contributed by atoms with Crippen LogP contribution in [0.25, 0.3) is 0 Å². The molecule has 12 heavy (non-hydrogen) atoms. The summed E-state index contributed by atoms with van der Waals surface area (Å²) in [5.74, 6) is 1.92. The average molecular weight is 169 g/mol. The van der Waals surface area contributed by atoms with Crippen LogP contribution in [-0.2, 0) is 0 Å². The van der Waals surface area contributed by atoms with Crippen LogP contribution in [0.2, 0.25) is 0 Å². The maximum Gasteiger partial charge on any atom is -0.00204 e. The second-order valence-corrected chi connectivity index (χ2v) is 4.14. The van der Waals surface area contributed by atoms with Crippen molar-refractivity contribution in [2.24, 2.45) is 11.8 Å². The zero-order chi connectivity index (χ0) is 8.81. The zero-order valence-electron chi connectivity index (χ0n) is 8.60. The molecule has 0 saturated heterocycles. The van der Waals surface area contributed by atoms with E-state index in [1.54, 1.807) is 0 Å². The highest BCUT2D eigenvalue weighted by Gasteiger charge is 2.16. The van der Waals surface area contributed by atoms with Crippen molar-refractivity contribution in [3.8, 4) is 0 Å². The summed E-state index contributed by atoms with van der Waals surface area (Å²) in [5, 5.41) is 3.59. The molecule has 0 radical (unpaired) electrons. The van der Waals surface area contributed by atoms with Crippen molar-refractivity contribution in [1.29, 1.82) is 0 Å². The van der Waals surface area contributed by atoms with E-state index in [0.29, 0.717) is 0 Å². The molecule has 72 valence electrons. The zero-order valence-corrected chi connectivity index (χ0v) is 8.60. The molecular formula is C11H23N. The molecule has 1 aliphatic carbocycles. The number of hydrogen-bond acceptors (Lipinski definition) is 1. The molecule has 1 N–H and O–H groups in total. The van der Waals surface area contributed by atoms with Gasteiger partial charge in [0.05, 0.1) is 0 Å². The Hall–Kier alpha value is -0.0400. The van der Waals surface area contributed by atoms with Crippen LogP contribution in [0, 0.1) is 11.8 Å². The lowest BCUT2D eigenvalue weighted by molar-refractivity contribution is 0.292. The van der Waals surface area contributed by atoms with Crippen LogP contribution in [0.1, 0.15) is 46.0 Å². The lowest BCUT2D eigenvalue weighted by atomic mass is 9.85. The molecule has 0 aromatic heterocycles. The number of nitrogens with one attached hydrogen (secondary N) is 1. The van der Waals surface area contributed by atoms with Crippen LogP contribution in [0.3, 0.4) is 0 Å². The molecule has 0 aliphatic heterocycles. The van der Waals surface area contributed by atoms with Crippen LogP contribution in [0.5, 0.6) is 0 Å². The Morgan fingerprint density at radius 1 is 1.25 bits per heavy atom. The Balaban J connectivity index is 1.92. The van der Waals surface area contributed by atoms with E-state index < -0.39 is 0 Å². The third-order valence-corrected chi connectivity index (χ3v) is 3.25. The largest absolute Gasteiger partial charge is 0.316 e. The molecule has 1 fully saturated rings. The summed E-state index contributed by atoms with van der Waals surface area (Å²) in [6.07, 6.45) is 7.06. The lowest BCUT2D eigenvalue weighted by Gasteiger charge is -2.26. The van der Waals surface area contributed by atoms with Gasteiger partial charge < -0.3 is 5.32 Å². The summed E-state index contributed by atoms with van der Waals surface area (Å²) in [6, 6.07) is 0. The highest BCUT2D eigenvalue weighted by molar-refractivity contribution is 4.72. The Labute approximate surface area is 76.9 Å². The summed E-state index contributed by atoms with van der Waals surface area (Å²) in [6.45, 7) is 7.10. The van der Waals surface area contributed by atoms with Crippen LogP contribution in [0.4, 0.5) is 0 Å². The first-order chi connectivity index (χ1) is 5.86. The van der Waals surface area contributed by atoms with E-state index in [4.69, 9.17) is 0 Å². The van der Waals surface area contributed by atoms with Crippen molar-refractivity contribution in [2.75, 3.05) is 13.1 Å². The molecule has 0 unspecified atom stereocenters. The van der Waals surface area contributed by atoms with Crippen molar-refractivity contribution < 1.29 is 0 Å². The van der Waals surface area contributed by atoms with Gasteiger partial charge in [-0.15, -0.1) is 0 Å². The minimum absolute atomic E-state index is 0.907. The standard InChI is InChI=1S/C11H23N/c1-3-10(4-2)8-12-9-11-6-5-7-11/h10-12H,3-9H2,1-2H3. The predicted molar refractivity (Wildman–Crippen MR) is 54.3 cm³/mol. The fourth-order valence-electron chi connectivity index (χ4n) is 1.77. The Kier molecular flexibility index (Phi) is 4.67. The van der Waals surface area contributed by atoms with Gasteiger partial charge in [0.15, 0.2) is 0 Å². The SMILES string of the molecule is CCC(CC)CNCC1CCC1. The molecule has 1 heteroatoms. The van der Waals surface area contributed by atoms with Crippen LogP contribution in [0.15, 0.2) is 0 Å². The Morgan fingerprint density at radius 3 is 2.33 bits per heavy atom. The molecule has 0 atom stereocenters. The summed E-state index contributed by atoms with van der Waals surface area (Å²) >= 11 is 0. The maximum atomic E-state index is 3.59.